The number of para-hydroxylation sites is 2. The van der Waals surface area contributed by atoms with Gasteiger partial charge in [0.2, 0.25) is 0 Å². The number of rotatable bonds is 4. The smallest absolute Gasteiger partial charge is 0.126 e. The predicted octanol–water partition coefficient (Wildman–Crippen LogP) is 2.14. The summed E-state index contributed by atoms with van der Waals surface area (Å²) in [5, 5.41) is 11.8. The number of nitriles is 1. The standard InChI is InChI=1S/C13H16N4/c1-10(15-9-5-8-14)13-16-11-6-3-4-7-12(11)17(13)2/h3-4,6-7,10,15H,5,9H2,1-2H3. The molecule has 17 heavy (non-hydrogen) atoms. The first-order valence-electron chi connectivity index (χ1n) is 5.75. The Labute approximate surface area is 101 Å². The van der Waals surface area contributed by atoms with Crippen molar-refractivity contribution < 1.29 is 0 Å². The van der Waals surface area contributed by atoms with Crippen molar-refractivity contribution in [1.82, 2.24) is 14.9 Å². The Morgan fingerprint density at radius 1 is 1.47 bits per heavy atom. The molecular weight excluding hydrogens is 212 g/mol. The van der Waals surface area contributed by atoms with Gasteiger partial charge in [0.25, 0.3) is 0 Å². The van der Waals surface area contributed by atoms with Gasteiger partial charge in [-0.3, -0.25) is 0 Å². The van der Waals surface area contributed by atoms with E-state index in [0.717, 1.165) is 16.9 Å². The molecule has 0 amide bonds. The van der Waals surface area contributed by atoms with Crippen molar-refractivity contribution in [3.8, 4) is 6.07 Å². The summed E-state index contributed by atoms with van der Waals surface area (Å²) in [5.41, 5.74) is 2.15. The SMILES string of the molecule is CC(NCCC#N)c1nc2ccccc2n1C. The molecule has 0 aliphatic rings. The lowest BCUT2D eigenvalue weighted by molar-refractivity contribution is 0.540. The highest BCUT2D eigenvalue weighted by Crippen LogP contribution is 2.18. The predicted molar refractivity (Wildman–Crippen MR) is 67.4 cm³/mol. The minimum Gasteiger partial charge on any atom is -0.330 e. The Hall–Kier alpha value is -1.86. The lowest BCUT2D eigenvalue weighted by Gasteiger charge is -2.12. The fourth-order valence-corrected chi connectivity index (χ4v) is 1.99. The van der Waals surface area contributed by atoms with E-state index >= 15 is 0 Å². The topological polar surface area (TPSA) is 53.6 Å². The summed E-state index contributed by atoms with van der Waals surface area (Å²) >= 11 is 0. The fraction of sp³-hybridized carbons (Fsp3) is 0.385. The van der Waals surface area contributed by atoms with Crippen molar-refractivity contribution in [2.75, 3.05) is 6.54 Å². The van der Waals surface area contributed by atoms with Crippen molar-refractivity contribution in [2.45, 2.75) is 19.4 Å². The van der Waals surface area contributed by atoms with Crippen LogP contribution >= 0.6 is 0 Å². The van der Waals surface area contributed by atoms with Crippen LogP contribution in [0, 0.1) is 11.3 Å². The average molecular weight is 228 g/mol. The van der Waals surface area contributed by atoms with Crippen molar-refractivity contribution in [2.24, 2.45) is 7.05 Å². The van der Waals surface area contributed by atoms with Gasteiger partial charge < -0.3 is 9.88 Å². The van der Waals surface area contributed by atoms with Crippen LogP contribution in [-0.4, -0.2) is 16.1 Å². The summed E-state index contributed by atoms with van der Waals surface area (Å²) < 4.78 is 2.10. The molecule has 0 aliphatic carbocycles. The van der Waals surface area contributed by atoms with E-state index in [1.807, 2.05) is 25.2 Å². The number of nitrogens with zero attached hydrogens (tertiary/aromatic N) is 3. The lowest BCUT2D eigenvalue weighted by atomic mass is 10.3. The third kappa shape index (κ3) is 2.29. The van der Waals surface area contributed by atoms with E-state index in [2.05, 4.69) is 33.9 Å². The van der Waals surface area contributed by atoms with Crippen molar-refractivity contribution in [1.29, 1.82) is 5.26 Å². The van der Waals surface area contributed by atoms with E-state index in [0.29, 0.717) is 13.0 Å². The first-order valence-corrected chi connectivity index (χ1v) is 5.75. The largest absolute Gasteiger partial charge is 0.330 e. The minimum atomic E-state index is 0.153. The Morgan fingerprint density at radius 2 is 2.24 bits per heavy atom. The first kappa shape index (κ1) is 11.6. The van der Waals surface area contributed by atoms with Crippen molar-refractivity contribution >= 4 is 11.0 Å². The maximum atomic E-state index is 8.51. The second-order valence-electron chi connectivity index (χ2n) is 4.10. The van der Waals surface area contributed by atoms with Crippen LogP contribution in [0.3, 0.4) is 0 Å². The van der Waals surface area contributed by atoms with E-state index in [1.165, 1.54) is 0 Å². The zero-order valence-corrected chi connectivity index (χ0v) is 10.1. The molecule has 1 heterocycles. The van der Waals surface area contributed by atoms with E-state index < -0.39 is 0 Å². The van der Waals surface area contributed by atoms with Gasteiger partial charge in [-0.2, -0.15) is 5.26 Å². The quantitative estimate of drug-likeness (QED) is 0.816. The molecule has 0 aliphatic heterocycles. The molecule has 4 nitrogen and oxygen atoms in total. The molecule has 1 unspecified atom stereocenters. The molecule has 0 saturated heterocycles. The van der Waals surface area contributed by atoms with Gasteiger partial charge in [0.15, 0.2) is 0 Å². The maximum absolute atomic E-state index is 8.51. The molecule has 4 heteroatoms. The van der Waals surface area contributed by atoms with Crippen molar-refractivity contribution in [3.63, 3.8) is 0 Å². The molecule has 1 aromatic carbocycles. The van der Waals surface area contributed by atoms with Crippen LogP contribution in [0.2, 0.25) is 0 Å². The van der Waals surface area contributed by atoms with Gasteiger partial charge in [0, 0.05) is 20.0 Å². The zero-order chi connectivity index (χ0) is 12.3. The van der Waals surface area contributed by atoms with Gasteiger partial charge in [-0.05, 0) is 19.1 Å². The Morgan fingerprint density at radius 3 is 2.94 bits per heavy atom. The summed E-state index contributed by atoms with van der Waals surface area (Å²) in [5.74, 6) is 1.00. The molecule has 0 radical (unpaired) electrons. The van der Waals surface area contributed by atoms with Crippen LogP contribution in [0.15, 0.2) is 24.3 Å². The molecule has 1 aromatic heterocycles. The number of imidazole rings is 1. The van der Waals surface area contributed by atoms with Gasteiger partial charge in [-0.1, -0.05) is 12.1 Å². The summed E-state index contributed by atoms with van der Waals surface area (Å²) in [4.78, 5) is 4.61. The highest BCUT2D eigenvalue weighted by atomic mass is 15.1. The third-order valence-corrected chi connectivity index (χ3v) is 2.90. The summed E-state index contributed by atoms with van der Waals surface area (Å²) in [7, 11) is 2.02. The number of hydrogen-bond acceptors (Lipinski definition) is 3. The molecule has 0 bridgehead atoms. The molecule has 0 fully saturated rings. The molecule has 88 valence electrons. The molecule has 1 atom stereocenters. The number of hydrogen-bond donors (Lipinski definition) is 1. The maximum Gasteiger partial charge on any atom is 0.126 e. The fourth-order valence-electron chi connectivity index (χ4n) is 1.99. The molecule has 2 aromatic rings. The number of nitrogens with one attached hydrogen (secondary N) is 1. The Bertz CT molecular complexity index is 550. The number of benzene rings is 1. The Kier molecular flexibility index (Phi) is 3.40. The highest BCUT2D eigenvalue weighted by molar-refractivity contribution is 5.75. The number of aryl methyl sites for hydroxylation is 1. The van der Waals surface area contributed by atoms with E-state index in [1.54, 1.807) is 0 Å². The summed E-state index contributed by atoms with van der Waals surface area (Å²) in [6.07, 6.45) is 0.522. The summed E-state index contributed by atoms with van der Waals surface area (Å²) in [6.45, 7) is 2.76. The van der Waals surface area contributed by atoms with Crippen LogP contribution < -0.4 is 5.32 Å². The molecule has 2 rings (SSSR count). The van der Waals surface area contributed by atoms with Crippen LogP contribution in [0.25, 0.3) is 11.0 Å². The normalized spacial score (nSPS) is 12.5. The second kappa shape index (κ2) is 4.98. The monoisotopic (exact) mass is 228 g/mol. The Balaban J connectivity index is 2.23. The molecule has 0 saturated carbocycles. The molecule has 1 N–H and O–H groups in total. The lowest BCUT2D eigenvalue weighted by Crippen LogP contribution is -2.22. The van der Waals surface area contributed by atoms with Crippen LogP contribution in [0.1, 0.15) is 25.2 Å². The zero-order valence-electron chi connectivity index (χ0n) is 10.1. The minimum absolute atomic E-state index is 0.153. The van der Waals surface area contributed by atoms with Gasteiger partial charge >= 0.3 is 0 Å². The molecule has 0 spiro atoms. The van der Waals surface area contributed by atoms with Gasteiger partial charge in [0.05, 0.1) is 23.1 Å². The summed E-state index contributed by atoms with van der Waals surface area (Å²) in [6, 6.07) is 10.4. The van der Waals surface area contributed by atoms with Gasteiger partial charge in [-0.25, -0.2) is 4.98 Å². The van der Waals surface area contributed by atoms with Gasteiger partial charge in [0.1, 0.15) is 5.82 Å². The van der Waals surface area contributed by atoms with E-state index in [-0.39, 0.29) is 6.04 Å². The third-order valence-electron chi connectivity index (χ3n) is 2.90. The number of fused-ring (bicyclic) bond motifs is 1. The van der Waals surface area contributed by atoms with Crippen LogP contribution in [-0.2, 0) is 7.05 Å². The van der Waals surface area contributed by atoms with Crippen LogP contribution in [0.4, 0.5) is 0 Å². The average Bonchev–Trinajstić information content (AvgIpc) is 2.68. The van der Waals surface area contributed by atoms with Gasteiger partial charge in [-0.15, -0.1) is 0 Å². The van der Waals surface area contributed by atoms with Crippen molar-refractivity contribution in [3.05, 3.63) is 30.1 Å². The van der Waals surface area contributed by atoms with E-state index in [4.69, 9.17) is 5.26 Å². The second-order valence-corrected chi connectivity index (χ2v) is 4.10. The van der Waals surface area contributed by atoms with Crippen LogP contribution in [0.5, 0.6) is 0 Å². The van der Waals surface area contributed by atoms with E-state index in [9.17, 15) is 0 Å². The molecular formula is C13H16N4. The first-order chi connectivity index (χ1) is 8.24. The highest BCUT2D eigenvalue weighted by Gasteiger charge is 2.13. The number of aromatic nitrogens is 2.